The summed E-state index contributed by atoms with van der Waals surface area (Å²) in [4.78, 5) is 4.73. The zero-order valence-electron chi connectivity index (χ0n) is 11.3. The summed E-state index contributed by atoms with van der Waals surface area (Å²) in [5.74, 6) is 0. The molecule has 3 heteroatoms. The summed E-state index contributed by atoms with van der Waals surface area (Å²) in [5.41, 5.74) is 4.55. The molecule has 0 atom stereocenters. The lowest BCUT2D eigenvalue weighted by atomic mass is 10.1. The summed E-state index contributed by atoms with van der Waals surface area (Å²) in [6, 6.07) is 18.7. The van der Waals surface area contributed by atoms with E-state index in [9.17, 15) is 0 Å². The van der Waals surface area contributed by atoms with Crippen molar-refractivity contribution in [3.63, 3.8) is 0 Å². The van der Waals surface area contributed by atoms with Crippen LogP contribution in [0.1, 0.15) is 5.56 Å². The van der Waals surface area contributed by atoms with E-state index in [-0.39, 0.29) is 0 Å². The van der Waals surface area contributed by atoms with Gasteiger partial charge in [0, 0.05) is 34.4 Å². The number of hydrogen-bond acceptors (Lipinski definition) is 1. The summed E-state index contributed by atoms with van der Waals surface area (Å²) in [6.07, 6.45) is 4.25. The van der Waals surface area contributed by atoms with Crippen LogP contribution in [0.4, 0.5) is 0 Å². The van der Waals surface area contributed by atoms with Gasteiger partial charge in [-0.05, 0) is 27.6 Å². The number of fused-ring (bicyclic) bond motifs is 3. The molecular formula is C18H13BrN2. The number of nitrogens with zero attached hydrogens (tertiary/aromatic N) is 2. The highest BCUT2D eigenvalue weighted by molar-refractivity contribution is 9.10. The third-order valence-electron chi connectivity index (χ3n) is 3.68. The Kier molecular flexibility index (Phi) is 3.00. The first-order valence-electron chi connectivity index (χ1n) is 6.89. The third-order valence-corrected chi connectivity index (χ3v) is 4.29. The molecule has 2 heterocycles. The van der Waals surface area contributed by atoms with Crippen LogP contribution in [0.2, 0.25) is 0 Å². The van der Waals surface area contributed by atoms with Crippen LogP contribution in [0, 0.1) is 0 Å². The van der Waals surface area contributed by atoms with Crippen LogP contribution in [0.25, 0.3) is 22.2 Å². The van der Waals surface area contributed by atoms with Gasteiger partial charge in [0.2, 0.25) is 0 Å². The van der Waals surface area contributed by atoms with Crippen molar-refractivity contribution in [2.24, 2.45) is 0 Å². The molecule has 0 spiro atoms. The molecule has 4 rings (SSSR count). The molecule has 102 valence electrons. The Labute approximate surface area is 131 Å². The first-order chi connectivity index (χ1) is 10.3. The Hall–Kier alpha value is -2.13. The van der Waals surface area contributed by atoms with Crippen molar-refractivity contribution in [2.75, 3.05) is 0 Å². The van der Waals surface area contributed by atoms with Crippen molar-refractivity contribution in [3.05, 3.63) is 77.0 Å². The number of rotatable bonds is 2. The fourth-order valence-electron chi connectivity index (χ4n) is 2.74. The second kappa shape index (κ2) is 5.01. The van der Waals surface area contributed by atoms with Crippen LogP contribution in [-0.2, 0) is 6.54 Å². The maximum absolute atomic E-state index is 4.73. The standard InChI is InChI=1S/C18H13BrN2/c19-15-11-21(10-13-6-2-1-3-7-13)12-17-18(15)14-8-4-5-9-16(14)20-17/h1-9,11-12H,10H2. The number of para-hydroxylation sites is 1. The number of pyridine rings is 1. The first-order valence-corrected chi connectivity index (χ1v) is 7.68. The van der Waals surface area contributed by atoms with Gasteiger partial charge < -0.3 is 4.57 Å². The molecule has 0 fully saturated rings. The lowest BCUT2D eigenvalue weighted by Crippen LogP contribution is -2.01. The van der Waals surface area contributed by atoms with Crippen molar-refractivity contribution in [1.29, 1.82) is 0 Å². The molecule has 0 saturated heterocycles. The van der Waals surface area contributed by atoms with E-state index < -0.39 is 0 Å². The average molecular weight is 337 g/mol. The fourth-order valence-corrected chi connectivity index (χ4v) is 3.42. The first kappa shape index (κ1) is 12.6. The number of aromatic nitrogens is 2. The third kappa shape index (κ3) is 2.24. The topological polar surface area (TPSA) is 17.8 Å². The molecule has 2 aliphatic rings. The van der Waals surface area contributed by atoms with E-state index in [0.29, 0.717) is 0 Å². The van der Waals surface area contributed by atoms with Gasteiger partial charge in [0.25, 0.3) is 0 Å². The maximum Gasteiger partial charge on any atom is 0.0890 e. The van der Waals surface area contributed by atoms with Gasteiger partial charge in [-0.3, -0.25) is 0 Å². The summed E-state index contributed by atoms with van der Waals surface area (Å²) in [5, 5.41) is 1.20. The molecular weight excluding hydrogens is 324 g/mol. The Morgan fingerprint density at radius 2 is 1.67 bits per heavy atom. The van der Waals surface area contributed by atoms with E-state index in [1.54, 1.807) is 0 Å². The smallest absolute Gasteiger partial charge is 0.0890 e. The molecule has 2 nitrogen and oxygen atoms in total. The van der Waals surface area contributed by atoms with Gasteiger partial charge in [-0.15, -0.1) is 0 Å². The number of hydrogen-bond donors (Lipinski definition) is 0. The van der Waals surface area contributed by atoms with Crippen LogP contribution >= 0.6 is 15.9 Å². The van der Waals surface area contributed by atoms with Gasteiger partial charge in [0.1, 0.15) is 0 Å². The highest BCUT2D eigenvalue weighted by atomic mass is 79.9. The molecule has 2 aromatic rings. The van der Waals surface area contributed by atoms with Gasteiger partial charge in [-0.1, -0.05) is 48.5 Å². The molecule has 0 N–H and O–H groups in total. The van der Waals surface area contributed by atoms with Crippen LogP contribution in [-0.4, -0.2) is 9.55 Å². The largest absolute Gasteiger partial charge is 0.347 e. The van der Waals surface area contributed by atoms with E-state index in [2.05, 4.69) is 75.4 Å². The minimum absolute atomic E-state index is 0.846. The van der Waals surface area contributed by atoms with Gasteiger partial charge in [0.05, 0.1) is 11.2 Å². The predicted molar refractivity (Wildman–Crippen MR) is 89.6 cm³/mol. The lowest BCUT2D eigenvalue weighted by molar-refractivity contribution is 0.787. The number of benzene rings is 2. The van der Waals surface area contributed by atoms with E-state index in [0.717, 1.165) is 22.2 Å². The van der Waals surface area contributed by atoms with Gasteiger partial charge in [-0.2, -0.15) is 0 Å². The van der Waals surface area contributed by atoms with Crippen molar-refractivity contribution >= 4 is 26.8 Å². The Balaban J connectivity index is 1.85. The zero-order chi connectivity index (χ0) is 14.2. The molecule has 0 aromatic heterocycles. The summed E-state index contributed by atoms with van der Waals surface area (Å²) < 4.78 is 3.26. The van der Waals surface area contributed by atoms with Crippen LogP contribution in [0.5, 0.6) is 0 Å². The second-order valence-electron chi connectivity index (χ2n) is 5.15. The molecule has 0 aliphatic carbocycles. The van der Waals surface area contributed by atoms with Crippen molar-refractivity contribution in [1.82, 2.24) is 9.55 Å². The Morgan fingerprint density at radius 1 is 0.905 bits per heavy atom. The predicted octanol–water partition coefficient (Wildman–Crippen LogP) is 4.95. The van der Waals surface area contributed by atoms with E-state index in [4.69, 9.17) is 4.98 Å². The number of halogens is 1. The molecule has 0 unspecified atom stereocenters. The maximum atomic E-state index is 4.73. The zero-order valence-corrected chi connectivity index (χ0v) is 12.9. The highest BCUT2D eigenvalue weighted by Crippen LogP contribution is 2.36. The SMILES string of the molecule is Brc1cn(Cc2ccccc2)cc2nc3ccccc3c1-2. The van der Waals surface area contributed by atoms with Gasteiger partial charge in [-0.25, -0.2) is 4.98 Å². The van der Waals surface area contributed by atoms with Crippen LogP contribution in [0.15, 0.2) is 71.5 Å². The van der Waals surface area contributed by atoms with E-state index in [1.165, 1.54) is 16.5 Å². The average Bonchev–Trinajstić information content (AvgIpc) is 2.87. The monoisotopic (exact) mass is 336 g/mol. The summed E-state index contributed by atoms with van der Waals surface area (Å²) in [7, 11) is 0. The second-order valence-corrected chi connectivity index (χ2v) is 6.01. The minimum atomic E-state index is 0.846. The van der Waals surface area contributed by atoms with Gasteiger partial charge >= 0.3 is 0 Å². The molecule has 2 aliphatic heterocycles. The Bertz CT molecular complexity index is 880. The van der Waals surface area contributed by atoms with Crippen molar-refractivity contribution in [2.45, 2.75) is 6.54 Å². The van der Waals surface area contributed by atoms with E-state index >= 15 is 0 Å². The molecule has 2 aromatic carbocycles. The lowest BCUT2D eigenvalue weighted by Gasteiger charge is -2.11. The highest BCUT2D eigenvalue weighted by Gasteiger charge is 2.15. The molecule has 0 radical (unpaired) electrons. The molecule has 0 amide bonds. The Morgan fingerprint density at radius 3 is 2.52 bits per heavy atom. The van der Waals surface area contributed by atoms with Gasteiger partial charge in [0.15, 0.2) is 0 Å². The quantitative estimate of drug-likeness (QED) is 0.506. The molecule has 21 heavy (non-hydrogen) atoms. The van der Waals surface area contributed by atoms with E-state index in [1.807, 2.05) is 12.1 Å². The molecule has 0 saturated carbocycles. The fraction of sp³-hybridized carbons (Fsp3) is 0.0556. The minimum Gasteiger partial charge on any atom is -0.347 e. The molecule has 0 bridgehead atoms. The summed E-state index contributed by atoms with van der Waals surface area (Å²) >= 11 is 3.70. The summed E-state index contributed by atoms with van der Waals surface area (Å²) in [6.45, 7) is 0.846. The van der Waals surface area contributed by atoms with Crippen molar-refractivity contribution in [3.8, 4) is 11.3 Å². The van der Waals surface area contributed by atoms with Crippen molar-refractivity contribution < 1.29 is 0 Å². The van der Waals surface area contributed by atoms with Crippen LogP contribution in [0.3, 0.4) is 0 Å². The normalized spacial score (nSPS) is 11.3. The van der Waals surface area contributed by atoms with Crippen LogP contribution < -0.4 is 0 Å².